The van der Waals surface area contributed by atoms with Gasteiger partial charge >= 0.3 is 6.09 Å². The first-order chi connectivity index (χ1) is 17.1. The minimum Gasteiger partial charge on any atom is -0.438 e. The number of nitrogens with zero attached hydrogens (tertiary/aromatic N) is 2. The molecule has 1 fully saturated rings. The van der Waals surface area contributed by atoms with Crippen molar-refractivity contribution in [3.05, 3.63) is 95.2 Å². The van der Waals surface area contributed by atoms with Crippen LogP contribution in [0.1, 0.15) is 56.3 Å². The Morgan fingerprint density at radius 3 is 2.44 bits per heavy atom. The van der Waals surface area contributed by atoms with Gasteiger partial charge in [-0.25, -0.2) is 4.79 Å². The molecular weight excluding hydrogens is 452 g/mol. The van der Waals surface area contributed by atoms with Crippen LogP contribution in [0, 0.1) is 11.8 Å². The van der Waals surface area contributed by atoms with Crippen LogP contribution < -0.4 is 0 Å². The van der Waals surface area contributed by atoms with E-state index in [1.165, 1.54) is 0 Å². The molecular formula is C30H34N2O4. The Labute approximate surface area is 213 Å². The zero-order valence-corrected chi connectivity index (χ0v) is 21.3. The van der Waals surface area contributed by atoms with E-state index >= 15 is 0 Å². The van der Waals surface area contributed by atoms with Crippen molar-refractivity contribution in [2.24, 2.45) is 0 Å². The molecule has 36 heavy (non-hydrogen) atoms. The van der Waals surface area contributed by atoms with Gasteiger partial charge in [-0.3, -0.25) is 0 Å². The van der Waals surface area contributed by atoms with E-state index in [1.54, 1.807) is 36.8 Å². The maximum Gasteiger partial charge on any atom is 0.411 e. The summed E-state index contributed by atoms with van der Waals surface area (Å²) in [5.74, 6) is 6.27. The third kappa shape index (κ3) is 5.81. The molecule has 0 radical (unpaired) electrons. The molecule has 1 saturated heterocycles. The molecule has 2 aliphatic rings. The molecule has 0 aromatic heterocycles. The molecule has 3 unspecified atom stereocenters. The second-order valence-corrected chi connectivity index (χ2v) is 10.2. The van der Waals surface area contributed by atoms with Gasteiger partial charge in [0.15, 0.2) is 0 Å². The molecule has 2 aromatic rings. The summed E-state index contributed by atoms with van der Waals surface area (Å²) in [7, 11) is 1.80. The van der Waals surface area contributed by atoms with E-state index in [4.69, 9.17) is 4.74 Å². The van der Waals surface area contributed by atoms with Crippen LogP contribution in [-0.4, -0.2) is 51.5 Å². The fourth-order valence-electron chi connectivity index (χ4n) is 4.80. The minimum absolute atomic E-state index is 0.172. The summed E-state index contributed by atoms with van der Waals surface area (Å²) in [6, 6.07) is 17.4. The van der Waals surface area contributed by atoms with E-state index in [2.05, 4.69) is 11.8 Å². The number of carbonyl (C=O) groups excluding carboxylic acids is 1. The monoisotopic (exact) mass is 486 g/mol. The Morgan fingerprint density at radius 1 is 1.14 bits per heavy atom. The summed E-state index contributed by atoms with van der Waals surface area (Å²) < 4.78 is 6.11. The highest BCUT2D eigenvalue weighted by atomic mass is 16.6. The number of ether oxygens (including phenoxy) is 1. The second kappa shape index (κ2) is 10.2. The Bertz CT molecular complexity index is 1200. The number of benzene rings is 2. The van der Waals surface area contributed by atoms with E-state index in [9.17, 15) is 15.0 Å². The van der Waals surface area contributed by atoms with Gasteiger partial charge in [0, 0.05) is 43.8 Å². The molecule has 0 bridgehead atoms. The largest absolute Gasteiger partial charge is 0.438 e. The molecule has 2 heterocycles. The van der Waals surface area contributed by atoms with E-state index in [-0.39, 0.29) is 12.1 Å². The van der Waals surface area contributed by atoms with Gasteiger partial charge in [-0.2, -0.15) is 0 Å². The van der Waals surface area contributed by atoms with Crippen molar-refractivity contribution in [2.75, 3.05) is 13.6 Å². The molecule has 2 aromatic carbocycles. The van der Waals surface area contributed by atoms with Crippen LogP contribution in [0.2, 0.25) is 0 Å². The summed E-state index contributed by atoms with van der Waals surface area (Å²) in [6.07, 6.45) is 5.23. The normalized spacial score (nSPS) is 22.9. The highest BCUT2D eigenvalue weighted by Crippen LogP contribution is 2.42. The van der Waals surface area contributed by atoms with Gasteiger partial charge in [-0.1, -0.05) is 54.3 Å². The van der Waals surface area contributed by atoms with E-state index < -0.39 is 17.4 Å². The molecule has 188 valence electrons. The number of hydrogen-bond donors (Lipinski definition) is 2. The molecule has 0 aliphatic carbocycles. The summed E-state index contributed by atoms with van der Waals surface area (Å²) in [4.78, 5) is 16.7. The average molecular weight is 487 g/mol. The number of allylic oxidation sites excluding steroid dienone is 2. The third-order valence-corrected chi connectivity index (χ3v) is 6.71. The van der Waals surface area contributed by atoms with Gasteiger partial charge < -0.3 is 24.7 Å². The summed E-state index contributed by atoms with van der Waals surface area (Å²) in [6.45, 7) is 6.00. The molecule has 2 N–H and O–H groups in total. The van der Waals surface area contributed by atoms with Gasteiger partial charge in [0.25, 0.3) is 0 Å². The number of carbonyl (C=O) groups is 1. The Hall–Kier alpha value is -3.53. The maximum atomic E-state index is 13.2. The van der Waals surface area contributed by atoms with Gasteiger partial charge in [0.2, 0.25) is 0 Å². The Morgan fingerprint density at radius 2 is 1.83 bits per heavy atom. The molecule has 6 nitrogen and oxygen atoms in total. The van der Waals surface area contributed by atoms with Gasteiger partial charge in [-0.15, -0.1) is 0 Å². The highest BCUT2D eigenvalue weighted by Gasteiger charge is 2.46. The van der Waals surface area contributed by atoms with Gasteiger partial charge in [-0.05, 0) is 56.2 Å². The van der Waals surface area contributed by atoms with E-state index in [0.717, 1.165) is 22.3 Å². The molecule has 2 aliphatic heterocycles. The van der Waals surface area contributed by atoms with Crippen LogP contribution in [0.15, 0.2) is 78.5 Å². The quantitative estimate of drug-likeness (QED) is 0.600. The highest BCUT2D eigenvalue weighted by molar-refractivity contribution is 5.70. The first-order valence-corrected chi connectivity index (χ1v) is 12.3. The van der Waals surface area contributed by atoms with Crippen LogP contribution in [0.4, 0.5) is 4.79 Å². The average Bonchev–Trinajstić information content (AvgIpc) is 2.84. The summed E-state index contributed by atoms with van der Waals surface area (Å²) in [5, 5.41) is 20.3. The molecule has 0 spiro atoms. The smallest absolute Gasteiger partial charge is 0.411 e. The number of aliphatic hydroxyl groups is 2. The fraction of sp³-hybridized carbons (Fsp3) is 0.367. The van der Waals surface area contributed by atoms with Crippen LogP contribution in [0.3, 0.4) is 0 Å². The lowest BCUT2D eigenvalue weighted by Crippen LogP contribution is -2.51. The minimum atomic E-state index is -0.987. The van der Waals surface area contributed by atoms with Gasteiger partial charge in [0.1, 0.15) is 11.8 Å². The topological polar surface area (TPSA) is 73.2 Å². The van der Waals surface area contributed by atoms with Crippen molar-refractivity contribution in [3.63, 3.8) is 0 Å². The van der Waals surface area contributed by atoms with Crippen LogP contribution in [-0.2, 0) is 10.3 Å². The van der Waals surface area contributed by atoms with Crippen molar-refractivity contribution in [1.82, 2.24) is 9.80 Å². The number of likely N-dealkylation sites (N-methyl/N-ethyl adjacent to an activating group) is 1. The summed E-state index contributed by atoms with van der Waals surface area (Å²) in [5.41, 5.74) is 1.73. The fourth-order valence-corrected chi connectivity index (χ4v) is 4.80. The van der Waals surface area contributed by atoms with Crippen molar-refractivity contribution in [3.8, 4) is 11.8 Å². The lowest BCUT2D eigenvalue weighted by Gasteiger charge is -2.45. The van der Waals surface area contributed by atoms with E-state index in [1.807, 2.05) is 73.8 Å². The van der Waals surface area contributed by atoms with Crippen LogP contribution in [0.25, 0.3) is 0 Å². The maximum absolute atomic E-state index is 13.2. The molecule has 6 heteroatoms. The molecule has 4 rings (SSSR count). The lowest BCUT2D eigenvalue weighted by atomic mass is 9.80. The SMILES string of the molecule is CC(c1ccc(C#CC2=CN(C)C(O)C=C2)cc1)N1CCC(CC(C)(C)O)(c2ccccc2)OC1=O. The zero-order chi connectivity index (χ0) is 25.9. The lowest BCUT2D eigenvalue weighted by molar-refractivity contribution is -0.101. The standard InChI is InChI=1S/C30H34N2O4/c1-22(25-15-12-23(13-16-25)10-11-24-14-17-27(33)31(4)20-24)32-19-18-30(36-28(32)34,21-29(2,3)35)26-8-6-5-7-9-26/h5-9,12-17,20,22,27,33,35H,18-19,21H2,1-4H3. The Kier molecular flexibility index (Phi) is 7.26. The third-order valence-electron chi connectivity index (χ3n) is 6.71. The number of amides is 1. The van der Waals surface area contributed by atoms with E-state index in [0.29, 0.717) is 19.4 Å². The number of aliphatic hydroxyl groups excluding tert-OH is 1. The van der Waals surface area contributed by atoms with Crippen molar-refractivity contribution < 1.29 is 19.7 Å². The predicted octanol–water partition coefficient (Wildman–Crippen LogP) is 4.70. The zero-order valence-electron chi connectivity index (χ0n) is 21.3. The number of rotatable bonds is 5. The second-order valence-electron chi connectivity index (χ2n) is 10.2. The molecule has 1 amide bonds. The first-order valence-electron chi connectivity index (χ1n) is 12.3. The van der Waals surface area contributed by atoms with Crippen molar-refractivity contribution in [2.45, 2.75) is 57.1 Å². The summed E-state index contributed by atoms with van der Waals surface area (Å²) >= 11 is 0. The molecule has 0 saturated carbocycles. The number of hydrogen-bond acceptors (Lipinski definition) is 5. The van der Waals surface area contributed by atoms with Gasteiger partial charge in [0.05, 0.1) is 11.6 Å². The van der Waals surface area contributed by atoms with Crippen molar-refractivity contribution >= 4 is 6.09 Å². The Balaban J connectivity index is 1.47. The van der Waals surface area contributed by atoms with Crippen LogP contribution in [0.5, 0.6) is 0 Å². The molecule has 3 atom stereocenters. The van der Waals surface area contributed by atoms with Crippen molar-refractivity contribution in [1.29, 1.82) is 0 Å². The first kappa shape index (κ1) is 25.6. The predicted molar refractivity (Wildman–Crippen MR) is 140 cm³/mol. The number of cyclic esters (lactones) is 1. The van der Waals surface area contributed by atoms with Crippen LogP contribution >= 0.6 is 0 Å².